The molecule has 3 rings (SSSR count). The number of methoxy groups -OCH3 is 1. The van der Waals surface area contributed by atoms with Gasteiger partial charge in [0.05, 0.1) is 18.4 Å². The van der Waals surface area contributed by atoms with Crippen LogP contribution in [0.3, 0.4) is 0 Å². The number of aryl methyl sites for hydroxylation is 1. The van der Waals surface area contributed by atoms with Crippen molar-refractivity contribution in [2.24, 2.45) is 0 Å². The van der Waals surface area contributed by atoms with Crippen molar-refractivity contribution in [2.45, 2.75) is 6.92 Å². The standard InChI is InChI=1S/C22H19NO3/c1-16-9-8-12-18(15-16)23(21(24)17-10-4-3-5-11-17)20-14-7-6-13-19(20)22(25)26-2/h3-15H,1-2H3. The number of esters is 1. The molecule has 4 heteroatoms. The minimum atomic E-state index is -0.487. The normalized spacial score (nSPS) is 10.2. The largest absolute Gasteiger partial charge is 0.465 e. The molecule has 0 aliphatic rings. The minimum Gasteiger partial charge on any atom is -0.465 e. The third-order valence-electron chi connectivity index (χ3n) is 4.03. The maximum atomic E-state index is 13.3. The Morgan fingerprint density at radius 3 is 2.23 bits per heavy atom. The molecule has 0 spiro atoms. The molecule has 0 saturated carbocycles. The second-order valence-corrected chi connectivity index (χ2v) is 5.85. The highest BCUT2D eigenvalue weighted by Gasteiger charge is 2.24. The van der Waals surface area contributed by atoms with Crippen molar-refractivity contribution < 1.29 is 14.3 Å². The number of hydrogen-bond acceptors (Lipinski definition) is 3. The van der Waals surface area contributed by atoms with Gasteiger partial charge in [-0.3, -0.25) is 9.69 Å². The monoisotopic (exact) mass is 345 g/mol. The molecule has 0 aliphatic carbocycles. The van der Waals surface area contributed by atoms with Gasteiger partial charge in [-0.2, -0.15) is 0 Å². The predicted molar refractivity (Wildman–Crippen MR) is 102 cm³/mol. The maximum absolute atomic E-state index is 13.3. The van der Waals surface area contributed by atoms with Gasteiger partial charge in [0.2, 0.25) is 0 Å². The van der Waals surface area contributed by atoms with Crippen LogP contribution in [-0.4, -0.2) is 19.0 Å². The summed E-state index contributed by atoms with van der Waals surface area (Å²) in [6.07, 6.45) is 0. The van der Waals surface area contributed by atoms with Crippen LogP contribution in [-0.2, 0) is 4.74 Å². The maximum Gasteiger partial charge on any atom is 0.339 e. The molecule has 0 atom stereocenters. The zero-order chi connectivity index (χ0) is 18.5. The first-order valence-electron chi connectivity index (χ1n) is 8.25. The first-order valence-corrected chi connectivity index (χ1v) is 8.25. The number of hydrogen-bond donors (Lipinski definition) is 0. The Hall–Kier alpha value is -3.40. The Kier molecular flexibility index (Phi) is 5.13. The molecule has 26 heavy (non-hydrogen) atoms. The molecule has 130 valence electrons. The lowest BCUT2D eigenvalue weighted by molar-refractivity contribution is 0.0601. The van der Waals surface area contributed by atoms with Crippen molar-refractivity contribution in [2.75, 3.05) is 12.0 Å². The SMILES string of the molecule is COC(=O)c1ccccc1N(C(=O)c1ccccc1)c1cccc(C)c1. The Labute approximate surface area is 152 Å². The molecule has 3 aromatic carbocycles. The van der Waals surface area contributed by atoms with Crippen LogP contribution < -0.4 is 4.90 Å². The molecule has 0 saturated heterocycles. The lowest BCUT2D eigenvalue weighted by atomic mass is 10.1. The van der Waals surface area contributed by atoms with Gasteiger partial charge < -0.3 is 4.74 Å². The summed E-state index contributed by atoms with van der Waals surface area (Å²) >= 11 is 0. The van der Waals surface area contributed by atoms with E-state index < -0.39 is 5.97 Å². The summed E-state index contributed by atoms with van der Waals surface area (Å²) in [5.41, 5.74) is 3.06. The number of anilines is 2. The highest BCUT2D eigenvalue weighted by molar-refractivity contribution is 6.13. The number of benzene rings is 3. The van der Waals surface area contributed by atoms with E-state index in [4.69, 9.17) is 4.74 Å². The fourth-order valence-electron chi connectivity index (χ4n) is 2.79. The number of para-hydroxylation sites is 1. The van der Waals surface area contributed by atoms with Crippen molar-refractivity contribution in [3.8, 4) is 0 Å². The fourth-order valence-corrected chi connectivity index (χ4v) is 2.79. The van der Waals surface area contributed by atoms with Crippen LogP contribution >= 0.6 is 0 Å². The average Bonchev–Trinajstić information content (AvgIpc) is 2.68. The molecule has 0 unspecified atom stereocenters. The van der Waals surface area contributed by atoms with E-state index >= 15 is 0 Å². The Bertz CT molecular complexity index is 935. The van der Waals surface area contributed by atoms with Gasteiger partial charge in [-0.25, -0.2) is 4.79 Å². The summed E-state index contributed by atoms with van der Waals surface area (Å²) < 4.78 is 4.90. The molecule has 0 N–H and O–H groups in total. The van der Waals surface area contributed by atoms with Gasteiger partial charge in [0.25, 0.3) is 5.91 Å². The Morgan fingerprint density at radius 2 is 1.54 bits per heavy atom. The third kappa shape index (κ3) is 3.49. The van der Waals surface area contributed by atoms with Crippen molar-refractivity contribution in [3.63, 3.8) is 0 Å². The molecule has 0 heterocycles. The van der Waals surface area contributed by atoms with E-state index in [2.05, 4.69) is 0 Å². The first kappa shape index (κ1) is 17.4. The van der Waals surface area contributed by atoms with E-state index in [1.54, 1.807) is 41.3 Å². The quantitative estimate of drug-likeness (QED) is 0.641. The van der Waals surface area contributed by atoms with Gasteiger partial charge in [-0.1, -0.05) is 42.5 Å². The number of carbonyl (C=O) groups is 2. The lowest BCUT2D eigenvalue weighted by Crippen LogP contribution is -2.27. The second-order valence-electron chi connectivity index (χ2n) is 5.85. The van der Waals surface area contributed by atoms with Crippen molar-refractivity contribution >= 4 is 23.3 Å². The molecule has 0 aromatic heterocycles. The zero-order valence-electron chi connectivity index (χ0n) is 14.7. The van der Waals surface area contributed by atoms with Crippen LogP contribution in [0.5, 0.6) is 0 Å². The minimum absolute atomic E-state index is 0.215. The number of rotatable bonds is 4. The topological polar surface area (TPSA) is 46.6 Å². The van der Waals surface area contributed by atoms with Crippen molar-refractivity contribution in [1.29, 1.82) is 0 Å². The van der Waals surface area contributed by atoms with Gasteiger partial charge in [0.1, 0.15) is 0 Å². The number of nitrogens with zero attached hydrogens (tertiary/aromatic N) is 1. The van der Waals surface area contributed by atoms with E-state index in [1.165, 1.54) is 7.11 Å². The summed E-state index contributed by atoms with van der Waals surface area (Å²) in [6.45, 7) is 1.96. The van der Waals surface area contributed by atoms with Crippen molar-refractivity contribution in [1.82, 2.24) is 0 Å². The van der Waals surface area contributed by atoms with E-state index in [0.29, 0.717) is 22.5 Å². The van der Waals surface area contributed by atoms with Gasteiger partial charge >= 0.3 is 5.97 Å². The van der Waals surface area contributed by atoms with E-state index in [1.807, 2.05) is 49.4 Å². The van der Waals surface area contributed by atoms with Gasteiger partial charge in [-0.15, -0.1) is 0 Å². The molecular weight excluding hydrogens is 326 g/mol. The molecular formula is C22H19NO3. The molecule has 3 aromatic rings. The third-order valence-corrected chi connectivity index (χ3v) is 4.03. The number of amides is 1. The lowest BCUT2D eigenvalue weighted by Gasteiger charge is -2.25. The molecule has 0 aliphatic heterocycles. The first-order chi connectivity index (χ1) is 12.6. The van der Waals surface area contributed by atoms with Crippen LogP contribution in [0.15, 0.2) is 78.9 Å². The van der Waals surface area contributed by atoms with E-state index in [0.717, 1.165) is 5.56 Å². The predicted octanol–water partition coefficient (Wildman–Crippen LogP) is 4.76. The van der Waals surface area contributed by atoms with Crippen LogP contribution in [0, 0.1) is 6.92 Å². The number of ether oxygens (including phenoxy) is 1. The highest BCUT2D eigenvalue weighted by atomic mass is 16.5. The molecule has 0 fully saturated rings. The summed E-state index contributed by atoms with van der Waals surface area (Å²) in [6, 6.07) is 23.5. The highest BCUT2D eigenvalue weighted by Crippen LogP contribution is 2.31. The van der Waals surface area contributed by atoms with E-state index in [9.17, 15) is 9.59 Å². The smallest absolute Gasteiger partial charge is 0.339 e. The molecule has 4 nitrogen and oxygen atoms in total. The summed E-state index contributed by atoms with van der Waals surface area (Å²) in [4.78, 5) is 27.1. The number of carbonyl (C=O) groups excluding carboxylic acids is 2. The summed E-state index contributed by atoms with van der Waals surface area (Å²) in [5, 5.41) is 0. The van der Waals surface area contributed by atoms with Crippen molar-refractivity contribution in [3.05, 3.63) is 95.6 Å². The van der Waals surface area contributed by atoms with Gasteiger partial charge in [0.15, 0.2) is 0 Å². The molecule has 0 bridgehead atoms. The summed E-state index contributed by atoms with van der Waals surface area (Å²) in [5.74, 6) is -0.702. The average molecular weight is 345 g/mol. The second kappa shape index (κ2) is 7.66. The van der Waals surface area contributed by atoms with Crippen LogP contribution in [0.1, 0.15) is 26.3 Å². The zero-order valence-corrected chi connectivity index (χ0v) is 14.7. The van der Waals surface area contributed by atoms with Gasteiger partial charge in [0, 0.05) is 11.3 Å². The van der Waals surface area contributed by atoms with Crippen LogP contribution in [0.4, 0.5) is 11.4 Å². The Balaban J connectivity index is 2.20. The van der Waals surface area contributed by atoms with Crippen LogP contribution in [0.25, 0.3) is 0 Å². The van der Waals surface area contributed by atoms with Gasteiger partial charge in [-0.05, 0) is 48.9 Å². The van der Waals surface area contributed by atoms with Crippen LogP contribution in [0.2, 0.25) is 0 Å². The molecule has 0 radical (unpaired) electrons. The fraction of sp³-hybridized carbons (Fsp3) is 0.0909. The molecule has 1 amide bonds. The summed E-state index contributed by atoms with van der Waals surface area (Å²) in [7, 11) is 1.33. The Morgan fingerprint density at radius 1 is 0.846 bits per heavy atom. The van der Waals surface area contributed by atoms with E-state index in [-0.39, 0.29) is 5.91 Å².